The molecule has 0 aliphatic carbocycles. The van der Waals surface area contributed by atoms with Crippen molar-refractivity contribution in [3.63, 3.8) is 0 Å². The van der Waals surface area contributed by atoms with Gasteiger partial charge >= 0.3 is 0 Å². The molecule has 1 fully saturated rings. The van der Waals surface area contributed by atoms with Gasteiger partial charge in [-0.25, -0.2) is 4.39 Å². The fourth-order valence-corrected chi connectivity index (χ4v) is 4.06. The normalized spacial score (nSPS) is 17.0. The van der Waals surface area contributed by atoms with Crippen molar-refractivity contribution < 1.29 is 18.0 Å². The summed E-state index contributed by atoms with van der Waals surface area (Å²) in [7, 11) is 0. The summed E-state index contributed by atoms with van der Waals surface area (Å²) in [6, 6.07) is 8.20. The second kappa shape index (κ2) is 8.03. The third-order valence-corrected chi connectivity index (χ3v) is 5.91. The summed E-state index contributed by atoms with van der Waals surface area (Å²) in [5, 5.41) is 3.63. The summed E-state index contributed by atoms with van der Waals surface area (Å²) in [5.74, 6) is 2.03. The SMILES string of the molecule is Cc1ccc([C@H](CNC(=O)c2oc3ccc(F)cc3c2C)N2CCC(C)CC2)o1. The first-order valence-corrected chi connectivity index (χ1v) is 10.2. The molecule has 1 aliphatic heterocycles. The Morgan fingerprint density at radius 3 is 2.66 bits per heavy atom. The summed E-state index contributed by atoms with van der Waals surface area (Å²) in [6.45, 7) is 8.35. The second-order valence-electron chi connectivity index (χ2n) is 8.09. The number of fused-ring (bicyclic) bond motifs is 1. The van der Waals surface area contributed by atoms with E-state index >= 15 is 0 Å². The number of hydrogen-bond acceptors (Lipinski definition) is 4. The van der Waals surface area contributed by atoms with Crippen LogP contribution in [-0.2, 0) is 0 Å². The first kappa shape index (κ1) is 19.7. The van der Waals surface area contributed by atoms with E-state index in [1.165, 1.54) is 12.1 Å². The van der Waals surface area contributed by atoms with Crippen LogP contribution >= 0.6 is 0 Å². The van der Waals surface area contributed by atoms with Crippen LogP contribution in [0.15, 0.2) is 39.2 Å². The summed E-state index contributed by atoms with van der Waals surface area (Å²) in [5.41, 5.74) is 1.16. The lowest BCUT2D eigenvalue weighted by atomic mass is 9.97. The average Bonchev–Trinajstić information content (AvgIpc) is 3.27. The van der Waals surface area contributed by atoms with Crippen LogP contribution in [-0.4, -0.2) is 30.4 Å². The van der Waals surface area contributed by atoms with Crippen LogP contribution in [0, 0.1) is 25.6 Å². The highest BCUT2D eigenvalue weighted by Gasteiger charge is 2.28. The average molecular weight is 398 g/mol. The van der Waals surface area contributed by atoms with Gasteiger partial charge in [-0.05, 0) is 76.0 Å². The van der Waals surface area contributed by atoms with Gasteiger partial charge in [0.15, 0.2) is 5.76 Å². The minimum Gasteiger partial charge on any atom is -0.465 e. The molecule has 1 atom stereocenters. The number of rotatable bonds is 5. The maximum absolute atomic E-state index is 13.5. The van der Waals surface area contributed by atoms with Crippen molar-refractivity contribution in [2.24, 2.45) is 5.92 Å². The van der Waals surface area contributed by atoms with E-state index in [2.05, 4.69) is 17.1 Å². The van der Waals surface area contributed by atoms with Crippen molar-refractivity contribution in [2.75, 3.05) is 19.6 Å². The molecule has 6 heteroatoms. The molecule has 154 valence electrons. The van der Waals surface area contributed by atoms with Crippen LogP contribution in [0.4, 0.5) is 4.39 Å². The molecule has 1 saturated heterocycles. The highest BCUT2D eigenvalue weighted by Crippen LogP contribution is 2.29. The Labute approximate surface area is 169 Å². The molecule has 1 aliphatic rings. The summed E-state index contributed by atoms with van der Waals surface area (Å²) in [4.78, 5) is 15.2. The number of nitrogens with one attached hydrogen (secondary N) is 1. The molecule has 29 heavy (non-hydrogen) atoms. The first-order chi connectivity index (χ1) is 13.9. The number of furan rings is 2. The van der Waals surface area contributed by atoms with Crippen molar-refractivity contribution in [3.05, 3.63) is 59.0 Å². The molecule has 3 heterocycles. The summed E-state index contributed by atoms with van der Waals surface area (Å²) >= 11 is 0. The number of benzene rings is 1. The van der Waals surface area contributed by atoms with E-state index in [0.29, 0.717) is 23.1 Å². The van der Waals surface area contributed by atoms with Crippen LogP contribution in [0.25, 0.3) is 11.0 Å². The van der Waals surface area contributed by atoms with E-state index in [9.17, 15) is 9.18 Å². The number of amides is 1. The molecule has 1 N–H and O–H groups in total. The predicted molar refractivity (Wildman–Crippen MR) is 109 cm³/mol. The van der Waals surface area contributed by atoms with Crippen LogP contribution in [0.3, 0.4) is 0 Å². The van der Waals surface area contributed by atoms with Gasteiger partial charge in [0, 0.05) is 17.5 Å². The maximum Gasteiger partial charge on any atom is 0.287 e. The van der Waals surface area contributed by atoms with E-state index in [4.69, 9.17) is 8.83 Å². The quantitative estimate of drug-likeness (QED) is 0.658. The molecule has 4 rings (SSSR count). The minimum absolute atomic E-state index is 0.0257. The van der Waals surface area contributed by atoms with Gasteiger partial charge in [-0.2, -0.15) is 0 Å². The van der Waals surface area contributed by atoms with Crippen LogP contribution in [0.2, 0.25) is 0 Å². The van der Waals surface area contributed by atoms with Gasteiger partial charge in [0.25, 0.3) is 5.91 Å². The molecule has 0 bridgehead atoms. The number of halogens is 1. The second-order valence-corrected chi connectivity index (χ2v) is 8.09. The maximum atomic E-state index is 13.5. The van der Waals surface area contributed by atoms with Gasteiger partial charge in [-0.3, -0.25) is 9.69 Å². The summed E-state index contributed by atoms with van der Waals surface area (Å²) in [6.07, 6.45) is 2.27. The number of hydrogen-bond donors (Lipinski definition) is 1. The highest BCUT2D eigenvalue weighted by atomic mass is 19.1. The van der Waals surface area contributed by atoms with Crippen molar-refractivity contribution in [1.29, 1.82) is 0 Å². The van der Waals surface area contributed by atoms with Gasteiger partial charge in [0.2, 0.25) is 0 Å². The monoisotopic (exact) mass is 398 g/mol. The molecule has 0 radical (unpaired) electrons. The van der Waals surface area contributed by atoms with E-state index in [1.807, 2.05) is 19.1 Å². The van der Waals surface area contributed by atoms with E-state index < -0.39 is 0 Å². The Balaban J connectivity index is 1.52. The molecule has 0 unspecified atom stereocenters. The molecule has 2 aromatic heterocycles. The van der Waals surface area contributed by atoms with Crippen LogP contribution in [0.1, 0.15) is 53.4 Å². The molecule has 5 nitrogen and oxygen atoms in total. The Morgan fingerprint density at radius 2 is 1.97 bits per heavy atom. The fourth-order valence-electron chi connectivity index (χ4n) is 4.06. The van der Waals surface area contributed by atoms with Crippen molar-refractivity contribution in [2.45, 2.75) is 39.7 Å². The molecule has 0 saturated carbocycles. The van der Waals surface area contributed by atoms with E-state index in [-0.39, 0.29) is 23.5 Å². The standard InChI is InChI=1S/C23H27FN2O3/c1-14-8-10-26(11-9-14)19(21-6-4-15(2)28-21)13-25-23(27)22-16(3)18-12-17(24)5-7-20(18)29-22/h4-7,12,14,19H,8-11,13H2,1-3H3,(H,25,27)/t19-/m0/s1. The Morgan fingerprint density at radius 1 is 1.21 bits per heavy atom. The molecular weight excluding hydrogens is 371 g/mol. The molecule has 3 aromatic rings. The Hall–Kier alpha value is -2.60. The molecule has 1 amide bonds. The smallest absolute Gasteiger partial charge is 0.287 e. The van der Waals surface area contributed by atoms with E-state index in [0.717, 1.165) is 43.4 Å². The predicted octanol–water partition coefficient (Wildman–Crippen LogP) is 4.98. The Kier molecular flexibility index (Phi) is 5.46. The van der Waals surface area contributed by atoms with Gasteiger partial charge in [0.1, 0.15) is 22.9 Å². The van der Waals surface area contributed by atoms with E-state index in [1.54, 1.807) is 13.0 Å². The lowest BCUT2D eigenvalue weighted by Gasteiger charge is -2.35. The number of piperidine rings is 1. The minimum atomic E-state index is -0.346. The van der Waals surface area contributed by atoms with Crippen LogP contribution < -0.4 is 5.32 Å². The zero-order valence-electron chi connectivity index (χ0n) is 17.1. The first-order valence-electron chi connectivity index (χ1n) is 10.2. The van der Waals surface area contributed by atoms with Gasteiger partial charge < -0.3 is 14.2 Å². The zero-order chi connectivity index (χ0) is 20.5. The number of carbonyl (C=O) groups is 1. The molecular formula is C23H27FN2O3. The lowest BCUT2D eigenvalue weighted by molar-refractivity contribution is 0.0871. The Bertz CT molecular complexity index is 1010. The molecule has 1 aromatic carbocycles. The van der Waals surface area contributed by atoms with Gasteiger partial charge in [-0.15, -0.1) is 0 Å². The van der Waals surface area contributed by atoms with Gasteiger partial charge in [0.05, 0.1) is 6.04 Å². The summed E-state index contributed by atoms with van der Waals surface area (Å²) < 4.78 is 25.1. The van der Waals surface area contributed by atoms with Gasteiger partial charge in [-0.1, -0.05) is 6.92 Å². The van der Waals surface area contributed by atoms with Crippen molar-refractivity contribution >= 4 is 16.9 Å². The number of carbonyl (C=O) groups excluding carboxylic acids is 1. The van der Waals surface area contributed by atoms with Crippen molar-refractivity contribution in [1.82, 2.24) is 10.2 Å². The number of likely N-dealkylation sites (tertiary alicyclic amines) is 1. The third-order valence-electron chi connectivity index (χ3n) is 5.91. The number of aryl methyl sites for hydroxylation is 2. The van der Waals surface area contributed by atoms with Crippen LogP contribution in [0.5, 0.6) is 0 Å². The highest BCUT2D eigenvalue weighted by molar-refractivity contribution is 5.98. The topological polar surface area (TPSA) is 58.6 Å². The zero-order valence-corrected chi connectivity index (χ0v) is 17.1. The van der Waals surface area contributed by atoms with Crippen molar-refractivity contribution in [3.8, 4) is 0 Å². The largest absolute Gasteiger partial charge is 0.465 e. The third kappa shape index (κ3) is 4.08. The molecule has 0 spiro atoms. The fraction of sp³-hybridized carbons (Fsp3) is 0.435. The lowest BCUT2D eigenvalue weighted by Crippen LogP contribution is -2.41. The number of nitrogens with zero attached hydrogens (tertiary/aromatic N) is 1.